The molecule has 1 aromatic heterocycles. The van der Waals surface area contributed by atoms with Crippen LogP contribution in [0.1, 0.15) is 5.01 Å². The maximum absolute atomic E-state index is 12.9. The van der Waals surface area contributed by atoms with Crippen LogP contribution >= 0.6 is 11.3 Å². The number of rotatable bonds is 4. The van der Waals surface area contributed by atoms with E-state index in [1.165, 1.54) is 23.5 Å². The van der Waals surface area contributed by atoms with Crippen molar-refractivity contribution in [2.45, 2.75) is 6.61 Å². The molecule has 0 bridgehead atoms. The smallest absolute Gasteiger partial charge is 0.140 e. The highest BCUT2D eigenvalue weighted by atomic mass is 32.1. The van der Waals surface area contributed by atoms with Crippen molar-refractivity contribution >= 4 is 11.3 Å². The Balaban J connectivity index is 1.69. The zero-order valence-corrected chi connectivity index (χ0v) is 11.4. The third-order valence-electron chi connectivity index (χ3n) is 2.80. The van der Waals surface area contributed by atoms with Crippen LogP contribution in [0.4, 0.5) is 4.39 Å². The fourth-order valence-electron chi connectivity index (χ4n) is 1.79. The molecule has 2 aromatic carbocycles. The van der Waals surface area contributed by atoms with Gasteiger partial charge in [-0.1, -0.05) is 18.2 Å². The second-order valence-corrected chi connectivity index (χ2v) is 5.18. The number of benzene rings is 2. The first-order valence-electron chi connectivity index (χ1n) is 6.19. The molecule has 3 rings (SSSR count). The molecule has 0 fully saturated rings. The van der Waals surface area contributed by atoms with Crippen molar-refractivity contribution < 1.29 is 9.13 Å². The van der Waals surface area contributed by atoms with Crippen LogP contribution in [0.3, 0.4) is 0 Å². The summed E-state index contributed by atoms with van der Waals surface area (Å²) in [6.45, 7) is 0.440. The van der Waals surface area contributed by atoms with Crippen LogP contribution in [0.25, 0.3) is 11.3 Å². The van der Waals surface area contributed by atoms with Gasteiger partial charge < -0.3 is 4.74 Å². The monoisotopic (exact) mass is 285 g/mol. The SMILES string of the molecule is Fc1ccc(-c2csc(COc3ccccc3)n2)cc1. The van der Waals surface area contributed by atoms with Crippen molar-refractivity contribution in [2.75, 3.05) is 0 Å². The van der Waals surface area contributed by atoms with Gasteiger partial charge in [-0.15, -0.1) is 11.3 Å². The van der Waals surface area contributed by atoms with E-state index in [0.717, 1.165) is 22.0 Å². The molecule has 0 aliphatic carbocycles. The molecule has 1 heterocycles. The minimum atomic E-state index is -0.239. The summed E-state index contributed by atoms with van der Waals surface area (Å²) in [6, 6.07) is 16.0. The Hall–Kier alpha value is -2.20. The number of nitrogens with zero attached hydrogens (tertiary/aromatic N) is 1. The molecule has 100 valence electrons. The Morgan fingerprint density at radius 3 is 2.50 bits per heavy atom. The molecule has 2 nitrogen and oxygen atoms in total. The average Bonchev–Trinajstić information content (AvgIpc) is 2.96. The predicted molar refractivity (Wildman–Crippen MR) is 78.3 cm³/mol. The van der Waals surface area contributed by atoms with E-state index in [0.29, 0.717) is 6.61 Å². The molecule has 0 aliphatic heterocycles. The van der Waals surface area contributed by atoms with Crippen molar-refractivity contribution in [3.05, 3.63) is 70.8 Å². The van der Waals surface area contributed by atoms with Gasteiger partial charge in [0.15, 0.2) is 0 Å². The van der Waals surface area contributed by atoms with Gasteiger partial charge in [0.25, 0.3) is 0 Å². The van der Waals surface area contributed by atoms with E-state index >= 15 is 0 Å². The van der Waals surface area contributed by atoms with E-state index in [9.17, 15) is 4.39 Å². The number of thiazole rings is 1. The molecule has 4 heteroatoms. The molecule has 0 aliphatic rings. The fourth-order valence-corrected chi connectivity index (χ4v) is 2.51. The first-order valence-corrected chi connectivity index (χ1v) is 7.07. The minimum Gasteiger partial charge on any atom is -0.486 e. The van der Waals surface area contributed by atoms with Crippen molar-refractivity contribution in [3.8, 4) is 17.0 Å². The van der Waals surface area contributed by atoms with Crippen LogP contribution < -0.4 is 4.74 Å². The molecule has 0 saturated carbocycles. The van der Waals surface area contributed by atoms with Crippen molar-refractivity contribution in [1.29, 1.82) is 0 Å². The molecular weight excluding hydrogens is 273 g/mol. The van der Waals surface area contributed by atoms with Gasteiger partial charge in [0.2, 0.25) is 0 Å². The fraction of sp³-hybridized carbons (Fsp3) is 0.0625. The van der Waals surface area contributed by atoms with Crippen molar-refractivity contribution in [2.24, 2.45) is 0 Å². The lowest BCUT2D eigenvalue weighted by molar-refractivity contribution is 0.305. The summed E-state index contributed by atoms with van der Waals surface area (Å²) in [7, 11) is 0. The molecule has 3 aromatic rings. The van der Waals surface area contributed by atoms with E-state index in [1.54, 1.807) is 12.1 Å². The maximum Gasteiger partial charge on any atom is 0.140 e. The topological polar surface area (TPSA) is 22.1 Å². The summed E-state index contributed by atoms with van der Waals surface area (Å²) >= 11 is 1.54. The number of hydrogen-bond donors (Lipinski definition) is 0. The lowest BCUT2D eigenvalue weighted by Crippen LogP contribution is -1.94. The molecular formula is C16H12FNOS. The minimum absolute atomic E-state index is 0.239. The highest BCUT2D eigenvalue weighted by Gasteiger charge is 2.05. The maximum atomic E-state index is 12.9. The summed E-state index contributed by atoms with van der Waals surface area (Å²) < 4.78 is 18.5. The Morgan fingerprint density at radius 1 is 1.00 bits per heavy atom. The van der Waals surface area contributed by atoms with Crippen LogP contribution in [0.5, 0.6) is 5.75 Å². The van der Waals surface area contributed by atoms with Gasteiger partial charge in [-0.2, -0.15) is 0 Å². The van der Waals surface area contributed by atoms with E-state index in [-0.39, 0.29) is 5.82 Å². The quantitative estimate of drug-likeness (QED) is 0.702. The molecule has 0 atom stereocenters. The summed E-state index contributed by atoms with van der Waals surface area (Å²) in [5.74, 6) is 0.586. The van der Waals surface area contributed by atoms with E-state index in [4.69, 9.17) is 4.74 Å². The molecule has 0 radical (unpaired) electrons. The lowest BCUT2D eigenvalue weighted by Gasteiger charge is -2.02. The summed E-state index contributed by atoms with van der Waals surface area (Å²) in [5, 5.41) is 2.85. The van der Waals surface area contributed by atoms with Gasteiger partial charge in [-0.3, -0.25) is 0 Å². The number of ether oxygens (including phenoxy) is 1. The zero-order valence-electron chi connectivity index (χ0n) is 10.6. The normalized spacial score (nSPS) is 10.4. The molecule has 20 heavy (non-hydrogen) atoms. The van der Waals surface area contributed by atoms with Crippen LogP contribution in [0.2, 0.25) is 0 Å². The second-order valence-electron chi connectivity index (χ2n) is 4.24. The zero-order chi connectivity index (χ0) is 13.8. The van der Waals surface area contributed by atoms with Gasteiger partial charge in [0.1, 0.15) is 23.2 Å². The predicted octanol–water partition coefficient (Wildman–Crippen LogP) is 4.53. The van der Waals surface area contributed by atoms with Gasteiger partial charge in [-0.25, -0.2) is 9.37 Å². The number of hydrogen-bond acceptors (Lipinski definition) is 3. The van der Waals surface area contributed by atoms with Gasteiger partial charge >= 0.3 is 0 Å². The molecule has 0 saturated heterocycles. The molecule has 0 spiro atoms. The largest absolute Gasteiger partial charge is 0.486 e. The summed E-state index contributed by atoms with van der Waals surface area (Å²) in [5.41, 5.74) is 1.76. The molecule has 0 unspecified atom stereocenters. The van der Waals surface area contributed by atoms with E-state index in [1.807, 2.05) is 35.7 Å². The Bertz CT molecular complexity index is 679. The Kier molecular flexibility index (Phi) is 3.74. The Morgan fingerprint density at radius 2 is 1.75 bits per heavy atom. The molecule has 0 N–H and O–H groups in total. The number of para-hydroxylation sites is 1. The van der Waals surface area contributed by atoms with E-state index < -0.39 is 0 Å². The van der Waals surface area contributed by atoms with Crippen molar-refractivity contribution in [1.82, 2.24) is 4.98 Å². The third-order valence-corrected chi connectivity index (χ3v) is 3.62. The average molecular weight is 285 g/mol. The standard InChI is InChI=1S/C16H12FNOS/c17-13-8-6-12(7-9-13)15-11-20-16(18-15)10-19-14-4-2-1-3-5-14/h1-9,11H,10H2. The van der Waals surface area contributed by atoms with Crippen LogP contribution in [0.15, 0.2) is 60.0 Å². The van der Waals surface area contributed by atoms with E-state index in [2.05, 4.69) is 4.98 Å². The first kappa shape index (κ1) is 12.8. The van der Waals surface area contributed by atoms with Crippen LogP contribution in [-0.2, 0) is 6.61 Å². The number of halogens is 1. The van der Waals surface area contributed by atoms with Gasteiger partial charge in [-0.05, 0) is 36.4 Å². The highest BCUT2D eigenvalue weighted by molar-refractivity contribution is 7.09. The number of aromatic nitrogens is 1. The second kappa shape index (κ2) is 5.84. The van der Waals surface area contributed by atoms with Crippen molar-refractivity contribution in [3.63, 3.8) is 0 Å². The van der Waals surface area contributed by atoms with Gasteiger partial charge in [0, 0.05) is 10.9 Å². The van der Waals surface area contributed by atoms with Crippen LogP contribution in [-0.4, -0.2) is 4.98 Å². The highest BCUT2D eigenvalue weighted by Crippen LogP contribution is 2.23. The first-order chi connectivity index (χ1) is 9.81. The summed E-state index contributed by atoms with van der Waals surface area (Å²) in [4.78, 5) is 4.50. The summed E-state index contributed by atoms with van der Waals surface area (Å²) in [6.07, 6.45) is 0. The third kappa shape index (κ3) is 3.03. The van der Waals surface area contributed by atoms with Crippen LogP contribution in [0, 0.1) is 5.82 Å². The van der Waals surface area contributed by atoms with Gasteiger partial charge in [0.05, 0.1) is 5.69 Å². The molecule has 0 amide bonds. The lowest BCUT2D eigenvalue weighted by atomic mass is 10.2. The Labute approximate surface area is 120 Å².